The molecule has 1 saturated heterocycles. The van der Waals surface area contributed by atoms with Gasteiger partial charge in [-0.05, 0) is 37.8 Å². The van der Waals surface area contributed by atoms with Gasteiger partial charge in [-0.25, -0.2) is 0 Å². The molecule has 4 rings (SSSR count). The van der Waals surface area contributed by atoms with Crippen LogP contribution in [0, 0.1) is 12.8 Å². The van der Waals surface area contributed by atoms with Crippen molar-refractivity contribution < 1.29 is 9.18 Å². The van der Waals surface area contributed by atoms with Crippen molar-refractivity contribution in [2.45, 2.75) is 19.8 Å². The summed E-state index contributed by atoms with van der Waals surface area (Å²) < 4.78 is 14.1. The van der Waals surface area contributed by atoms with Gasteiger partial charge in [-0.15, -0.1) is 11.3 Å². The lowest BCUT2D eigenvalue weighted by molar-refractivity contribution is 0.0672. The number of anilines is 1. The maximum atomic E-state index is 13.2. The summed E-state index contributed by atoms with van der Waals surface area (Å²) in [5.41, 5.74) is 7.54. The minimum atomic E-state index is -0.357. The van der Waals surface area contributed by atoms with E-state index in [2.05, 4.69) is 5.10 Å². The van der Waals surface area contributed by atoms with Crippen LogP contribution in [0.2, 0.25) is 0 Å². The van der Waals surface area contributed by atoms with Crippen LogP contribution in [0.4, 0.5) is 9.39 Å². The lowest BCUT2D eigenvalue weighted by atomic mass is 9.98. The van der Waals surface area contributed by atoms with Crippen LogP contribution in [-0.4, -0.2) is 40.4 Å². The molecule has 2 N–H and O–H groups in total. The van der Waals surface area contributed by atoms with E-state index in [1.54, 1.807) is 22.4 Å². The van der Waals surface area contributed by atoms with Crippen molar-refractivity contribution in [2.24, 2.45) is 5.92 Å². The van der Waals surface area contributed by atoms with E-state index in [9.17, 15) is 14.0 Å². The zero-order valence-corrected chi connectivity index (χ0v) is 16.3. The predicted molar refractivity (Wildman–Crippen MR) is 109 cm³/mol. The first kappa shape index (κ1) is 18.6. The number of aromatic nitrogens is 2. The zero-order valence-electron chi connectivity index (χ0n) is 15.5. The molecule has 8 heteroatoms. The Balaban J connectivity index is 1.82. The standard InChI is InChI=1S/C20H21FN4O2S/c1-12-2-4-14(5-3-12)25-19(26)16-15(11-28-18(16)22)17(23-25)20(27)24-8-6-13(10-21)7-9-24/h2-5,11,13H,6-10,22H2,1H3. The van der Waals surface area contributed by atoms with E-state index in [1.165, 1.54) is 16.0 Å². The second-order valence-corrected chi connectivity index (χ2v) is 8.09. The van der Waals surface area contributed by atoms with Gasteiger partial charge in [0, 0.05) is 23.9 Å². The van der Waals surface area contributed by atoms with E-state index in [0.717, 1.165) is 5.56 Å². The molecular formula is C20H21FN4O2S. The average molecular weight is 400 g/mol. The molecule has 0 unspecified atom stereocenters. The van der Waals surface area contributed by atoms with E-state index in [-0.39, 0.29) is 29.8 Å². The number of nitrogens with zero attached hydrogens (tertiary/aromatic N) is 3. The second kappa shape index (κ2) is 7.35. The van der Waals surface area contributed by atoms with Crippen LogP contribution in [-0.2, 0) is 0 Å². The predicted octanol–water partition coefficient (Wildman–Crippen LogP) is 3.16. The number of halogens is 1. The van der Waals surface area contributed by atoms with Gasteiger partial charge >= 0.3 is 0 Å². The lowest BCUT2D eigenvalue weighted by Crippen LogP contribution is -2.40. The number of rotatable bonds is 3. The minimum Gasteiger partial charge on any atom is -0.390 e. The van der Waals surface area contributed by atoms with Crippen LogP contribution in [0.15, 0.2) is 34.4 Å². The number of fused-ring (bicyclic) bond motifs is 1. The van der Waals surface area contributed by atoms with E-state index in [4.69, 9.17) is 5.73 Å². The van der Waals surface area contributed by atoms with Gasteiger partial charge < -0.3 is 10.6 Å². The molecule has 2 aromatic heterocycles. The number of alkyl halides is 1. The summed E-state index contributed by atoms with van der Waals surface area (Å²) in [6.45, 7) is 2.57. The number of hydrogen-bond donors (Lipinski definition) is 1. The van der Waals surface area contributed by atoms with Crippen molar-refractivity contribution in [2.75, 3.05) is 25.5 Å². The van der Waals surface area contributed by atoms with Crippen molar-refractivity contribution in [3.05, 3.63) is 51.3 Å². The van der Waals surface area contributed by atoms with Crippen molar-refractivity contribution in [3.8, 4) is 5.69 Å². The van der Waals surface area contributed by atoms with Gasteiger partial charge in [-0.2, -0.15) is 9.78 Å². The van der Waals surface area contributed by atoms with Crippen molar-refractivity contribution in [3.63, 3.8) is 0 Å². The highest BCUT2D eigenvalue weighted by Crippen LogP contribution is 2.29. The van der Waals surface area contributed by atoms with Crippen LogP contribution in [0.1, 0.15) is 28.9 Å². The molecular weight excluding hydrogens is 379 g/mol. The molecule has 0 aliphatic carbocycles. The average Bonchev–Trinajstić information content (AvgIpc) is 3.11. The normalized spacial score (nSPS) is 15.3. The summed E-state index contributed by atoms with van der Waals surface area (Å²) in [5.74, 6) is -0.240. The van der Waals surface area contributed by atoms with Crippen LogP contribution >= 0.6 is 11.3 Å². The third kappa shape index (κ3) is 3.17. The third-order valence-electron chi connectivity index (χ3n) is 5.28. The Morgan fingerprint density at radius 1 is 1.29 bits per heavy atom. The number of aryl methyl sites for hydroxylation is 1. The topological polar surface area (TPSA) is 81.2 Å². The maximum absolute atomic E-state index is 13.2. The molecule has 3 heterocycles. The zero-order chi connectivity index (χ0) is 19.8. The molecule has 146 valence electrons. The fraction of sp³-hybridized carbons (Fsp3) is 0.350. The number of thiophene rings is 1. The number of carbonyl (C=O) groups excluding carboxylic acids is 1. The van der Waals surface area contributed by atoms with Gasteiger partial charge in [0.05, 0.1) is 22.7 Å². The monoisotopic (exact) mass is 400 g/mol. The molecule has 1 amide bonds. The van der Waals surface area contributed by atoms with Crippen LogP contribution < -0.4 is 11.3 Å². The van der Waals surface area contributed by atoms with Crippen molar-refractivity contribution >= 4 is 33.0 Å². The van der Waals surface area contributed by atoms with E-state index in [0.29, 0.717) is 47.4 Å². The lowest BCUT2D eigenvalue weighted by Gasteiger charge is -2.30. The first-order valence-corrected chi connectivity index (χ1v) is 10.1. The van der Waals surface area contributed by atoms with Crippen molar-refractivity contribution in [1.82, 2.24) is 14.7 Å². The highest BCUT2D eigenvalue weighted by molar-refractivity contribution is 7.15. The van der Waals surface area contributed by atoms with Gasteiger partial charge in [0.2, 0.25) is 0 Å². The molecule has 28 heavy (non-hydrogen) atoms. The van der Waals surface area contributed by atoms with Crippen LogP contribution in [0.3, 0.4) is 0 Å². The highest BCUT2D eigenvalue weighted by atomic mass is 32.1. The minimum absolute atomic E-state index is 0.00957. The number of piperidine rings is 1. The Morgan fingerprint density at radius 2 is 1.96 bits per heavy atom. The number of nitrogens with two attached hydrogens (primary N) is 1. The molecule has 1 aliphatic rings. The quantitative estimate of drug-likeness (QED) is 0.732. The van der Waals surface area contributed by atoms with Gasteiger partial charge in [0.25, 0.3) is 11.5 Å². The molecule has 0 spiro atoms. The number of amides is 1. The van der Waals surface area contributed by atoms with Gasteiger partial charge in [-0.1, -0.05) is 17.7 Å². The van der Waals surface area contributed by atoms with Gasteiger partial charge in [0.15, 0.2) is 5.69 Å². The summed E-state index contributed by atoms with van der Waals surface area (Å²) in [4.78, 5) is 27.9. The molecule has 0 radical (unpaired) electrons. The van der Waals surface area contributed by atoms with Crippen LogP contribution in [0.5, 0.6) is 0 Å². The molecule has 0 bridgehead atoms. The van der Waals surface area contributed by atoms with Gasteiger partial charge in [0.1, 0.15) is 0 Å². The third-order valence-corrected chi connectivity index (χ3v) is 6.09. The Kier molecular flexibility index (Phi) is 4.89. The number of likely N-dealkylation sites (tertiary alicyclic amines) is 1. The van der Waals surface area contributed by atoms with E-state index in [1.807, 2.05) is 19.1 Å². The molecule has 1 fully saturated rings. The summed E-state index contributed by atoms with van der Waals surface area (Å²) in [7, 11) is 0. The van der Waals surface area contributed by atoms with Gasteiger partial charge in [-0.3, -0.25) is 14.0 Å². The first-order valence-electron chi connectivity index (χ1n) is 9.22. The second-order valence-electron chi connectivity index (χ2n) is 7.18. The SMILES string of the molecule is Cc1ccc(-n2nc(C(=O)N3CCC(CF)CC3)c3csc(N)c3c2=O)cc1. The summed E-state index contributed by atoms with van der Waals surface area (Å²) >= 11 is 1.22. The largest absolute Gasteiger partial charge is 0.390 e. The van der Waals surface area contributed by atoms with Crippen molar-refractivity contribution in [1.29, 1.82) is 0 Å². The molecule has 1 aliphatic heterocycles. The molecule has 3 aromatic rings. The smallest absolute Gasteiger partial charge is 0.282 e. The van der Waals surface area contributed by atoms with E-state index >= 15 is 0 Å². The molecule has 0 atom stereocenters. The molecule has 6 nitrogen and oxygen atoms in total. The Bertz CT molecular complexity index is 1080. The summed E-state index contributed by atoms with van der Waals surface area (Å²) in [6, 6.07) is 7.35. The maximum Gasteiger partial charge on any atom is 0.282 e. The van der Waals surface area contributed by atoms with Crippen LogP contribution in [0.25, 0.3) is 16.5 Å². The Labute approximate surface area is 165 Å². The molecule has 0 saturated carbocycles. The number of hydrogen-bond acceptors (Lipinski definition) is 5. The summed E-state index contributed by atoms with van der Waals surface area (Å²) in [6.07, 6.45) is 1.27. The van der Waals surface area contributed by atoms with E-state index < -0.39 is 0 Å². The fourth-order valence-electron chi connectivity index (χ4n) is 3.53. The fourth-order valence-corrected chi connectivity index (χ4v) is 4.32. The summed E-state index contributed by atoms with van der Waals surface area (Å²) in [5, 5.41) is 7.30. The number of nitrogen functional groups attached to an aromatic ring is 1. The molecule has 1 aromatic carbocycles. The Morgan fingerprint density at radius 3 is 2.61 bits per heavy atom. The highest BCUT2D eigenvalue weighted by Gasteiger charge is 2.28. The number of carbonyl (C=O) groups is 1. The first-order chi connectivity index (χ1) is 13.5. The number of benzene rings is 1. The Hall–Kier alpha value is -2.74.